The van der Waals surface area contributed by atoms with Gasteiger partial charge in [0.15, 0.2) is 36.4 Å². The van der Waals surface area contributed by atoms with Gasteiger partial charge >= 0.3 is 0 Å². The van der Waals surface area contributed by atoms with Crippen LogP contribution in [-0.4, -0.2) is 0 Å². The van der Waals surface area contributed by atoms with Gasteiger partial charge in [0.05, 0.1) is 0 Å². The summed E-state index contributed by atoms with van der Waals surface area (Å²) in [6.07, 6.45) is 0. The zero-order valence-electron chi connectivity index (χ0n) is 5.68. The Morgan fingerprint density at radius 3 is 0.417 bits per heavy atom. The Hall–Kier alpha value is -3.06. The van der Waals surface area contributed by atoms with Crippen molar-refractivity contribution in [3.63, 3.8) is 0 Å². The molecule has 0 aliphatic carbocycles. The van der Waals surface area contributed by atoms with Gasteiger partial charge in [-0.1, -0.05) is 0 Å². The molecular formula is C6N6. The first kappa shape index (κ1) is 16.0. The zero-order valence-corrected chi connectivity index (χ0v) is 5.68. The Morgan fingerprint density at radius 2 is 0.417 bits per heavy atom. The second kappa shape index (κ2) is 44.2. The normalized spacial score (nSPS) is 2.50. The van der Waals surface area contributed by atoms with Crippen LogP contribution in [0.4, 0.5) is 0 Å². The van der Waals surface area contributed by atoms with Gasteiger partial charge in [0, 0.05) is 0 Å². The molecule has 0 aromatic heterocycles. The standard InChI is InChI=1S/3C2N2/c3*3-1-2-4. The average Bonchev–Trinajstić information content (AvgIpc) is 2.18. The molecule has 0 heterocycles. The van der Waals surface area contributed by atoms with Crippen LogP contribution in [0, 0.1) is 68.0 Å². The predicted molar refractivity (Wildman–Crippen MR) is 33.7 cm³/mol. The van der Waals surface area contributed by atoms with Crippen LogP contribution in [0.2, 0.25) is 0 Å². The van der Waals surface area contributed by atoms with Gasteiger partial charge in [-0.05, 0) is 0 Å². The molecule has 0 aromatic carbocycles. The van der Waals surface area contributed by atoms with Crippen molar-refractivity contribution >= 4 is 0 Å². The van der Waals surface area contributed by atoms with Crippen LogP contribution in [0.15, 0.2) is 0 Å². The summed E-state index contributed by atoms with van der Waals surface area (Å²) < 4.78 is 0. The third-order valence-corrected chi connectivity index (χ3v) is 0.150. The van der Waals surface area contributed by atoms with Crippen LogP contribution in [-0.2, 0) is 0 Å². The van der Waals surface area contributed by atoms with E-state index in [1.165, 1.54) is 36.4 Å². The van der Waals surface area contributed by atoms with Crippen molar-refractivity contribution in [1.29, 1.82) is 31.6 Å². The molecule has 0 saturated carbocycles. The van der Waals surface area contributed by atoms with E-state index in [2.05, 4.69) is 0 Å². The highest BCUT2D eigenvalue weighted by Crippen LogP contribution is 1.28. The highest BCUT2D eigenvalue weighted by atomic mass is 14.3. The molecule has 0 aliphatic heterocycles. The molecule has 6 heteroatoms. The van der Waals surface area contributed by atoms with E-state index in [9.17, 15) is 0 Å². The van der Waals surface area contributed by atoms with Gasteiger partial charge in [-0.15, -0.1) is 0 Å². The predicted octanol–water partition coefficient (Wildman–Crippen LogP) is 0.101. The first-order valence-electron chi connectivity index (χ1n) is 2.09. The van der Waals surface area contributed by atoms with E-state index in [4.69, 9.17) is 31.6 Å². The van der Waals surface area contributed by atoms with Crippen molar-refractivity contribution in [3.05, 3.63) is 0 Å². The molecule has 0 fully saturated rings. The van der Waals surface area contributed by atoms with E-state index in [1.54, 1.807) is 0 Å². The van der Waals surface area contributed by atoms with Gasteiger partial charge in [0.25, 0.3) is 0 Å². The molecule has 6 nitrogen and oxygen atoms in total. The average molecular weight is 156 g/mol. The van der Waals surface area contributed by atoms with Crippen LogP contribution in [0.5, 0.6) is 0 Å². The molecule has 12 heavy (non-hydrogen) atoms. The summed E-state index contributed by atoms with van der Waals surface area (Å²) >= 11 is 0. The quantitative estimate of drug-likeness (QED) is 0.486. The summed E-state index contributed by atoms with van der Waals surface area (Å²) in [7, 11) is 0. The largest absolute Gasteiger partial charge is 0.181 e. The fourth-order valence-electron chi connectivity index (χ4n) is 0. The minimum absolute atomic E-state index is 1.24. The minimum atomic E-state index is 1.24. The van der Waals surface area contributed by atoms with Gasteiger partial charge in [-0.3, -0.25) is 0 Å². The first-order valence-corrected chi connectivity index (χ1v) is 2.09. The number of rotatable bonds is 0. The summed E-state index contributed by atoms with van der Waals surface area (Å²) in [5.41, 5.74) is 0. The van der Waals surface area contributed by atoms with Crippen molar-refractivity contribution in [3.8, 4) is 36.4 Å². The lowest BCUT2D eigenvalue weighted by atomic mass is 10.9. The Balaban J connectivity index is -0.000000101. The number of nitrogens with zero attached hydrogens (tertiary/aromatic N) is 6. The fraction of sp³-hybridized carbons (Fsp3) is 0. The lowest BCUT2D eigenvalue weighted by Crippen LogP contribution is -1.26. The SMILES string of the molecule is N#CC#N.N#CC#N.N#CC#N. The van der Waals surface area contributed by atoms with Crippen molar-refractivity contribution in [2.75, 3.05) is 0 Å². The Labute approximate surface area is 68.9 Å². The minimum Gasteiger partial charge on any atom is -0.181 e. The molecule has 0 aromatic rings. The summed E-state index contributed by atoms with van der Waals surface area (Å²) in [4.78, 5) is 0. The highest BCUT2D eigenvalue weighted by molar-refractivity contribution is 5.00. The molecule has 0 unspecified atom stereocenters. The number of nitriles is 6. The molecule has 0 amide bonds. The maximum absolute atomic E-state index is 7.26. The molecule has 0 bridgehead atoms. The summed E-state index contributed by atoms with van der Waals surface area (Å²) in [6, 6.07) is 7.42. The van der Waals surface area contributed by atoms with E-state index < -0.39 is 0 Å². The molecule has 0 spiro atoms. The monoisotopic (exact) mass is 156 g/mol. The smallest absolute Gasteiger partial charge is 0.181 e. The molecular weight excluding hydrogens is 156 g/mol. The Morgan fingerprint density at radius 1 is 0.333 bits per heavy atom. The van der Waals surface area contributed by atoms with Crippen LogP contribution in [0.1, 0.15) is 0 Å². The first-order chi connectivity index (χ1) is 5.74. The zero-order chi connectivity index (χ0) is 10.2. The van der Waals surface area contributed by atoms with Crippen molar-refractivity contribution in [2.45, 2.75) is 0 Å². The van der Waals surface area contributed by atoms with Gasteiger partial charge in [0.2, 0.25) is 0 Å². The molecule has 54 valence electrons. The van der Waals surface area contributed by atoms with E-state index >= 15 is 0 Å². The summed E-state index contributed by atoms with van der Waals surface area (Å²) in [5, 5.41) is 43.6. The van der Waals surface area contributed by atoms with Crippen molar-refractivity contribution < 1.29 is 0 Å². The van der Waals surface area contributed by atoms with E-state index in [0.29, 0.717) is 0 Å². The van der Waals surface area contributed by atoms with Crippen LogP contribution in [0.25, 0.3) is 0 Å². The maximum Gasteiger partial charge on any atom is 0.181 e. The molecule has 0 N–H and O–H groups in total. The number of hydrogen-bond donors (Lipinski definition) is 0. The highest BCUT2D eigenvalue weighted by Gasteiger charge is 1.40. The maximum atomic E-state index is 7.26. The van der Waals surface area contributed by atoms with Gasteiger partial charge in [-0.2, -0.15) is 31.6 Å². The molecule has 0 saturated heterocycles. The van der Waals surface area contributed by atoms with E-state index in [-0.39, 0.29) is 0 Å². The second-order valence-electron chi connectivity index (χ2n) is 0.671. The summed E-state index contributed by atoms with van der Waals surface area (Å²) in [5.74, 6) is 0. The van der Waals surface area contributed by atoms with Crippen LogP contribution in [0.3, 0.4) is 0 Å². The topological polar surface area (TPSA) is 143 Å². The third-order valence-electron chi connectivity index (χ3n) is 0.150. The fourth-order valence-corrected chi connectivity index (χ4v) is 0. The van der Waals surface area contributed by atoms with Crippen molar-refractivity contribution in [1.82, 2.24) is 0 Å². The van der Waals surface area contributed by atoms with Crippen LogP contribution < -0.4 is 0 Å². The van der Waals surface area contributed by atoms with E-state index in [1.807, 2.05) is 0 Å². The molecule has 0 radical (unpaired) electrons. The molecule has 0 aliphatic rings. The molecule has 0 rings (SSSR count). The lowest BCUT2D eigenvalue weighted by Gasteiger charge is -1.16. The Bertz CT molecular complexity index is 234. The molecule has 0 atom stereocenters. The van der Waals surface area contributed by atoms with E-state index in [0.717, 1.165) is 0 Å². The lowest BCUT2D eigenvalue weighted by molar-refractivity contribution is 1.49. The summed E-state index contributed by atoms with van der Waals surface area (Å²) in [6.45, 7) is 0. The Kier molecular flexibility index (Phi) is 58.9. The number of hydrogen-bond acceptors (Lipinski definition) is 6. The van der Waals surface area contributed by atoms with Gasteiger partial charge in [0.1, 0.15) is 0 Å². The van der Waals surface area contributed by atoms with Gasteiger partial charge in [-0.25, -0.2) is 0 Å². The van der Waals surface area contributed by atoms with Crippen molar-refractivity contribution in [2.24, 2.45) is 0 Å². The second-order valence-corrected chi connectivity index (χ2v) is 0.671. The van der Waals surface area contributed by atoms with Crippen LogP contribution >= 0.6 is 0 Å². The third kappa shape index (κ3) is 68000. The van der Waals surface area contributed by atoms with Gasteiger partial charge < -0.3 is 0 Å².